The molecule has 0 amide bonds. The summed E-state index contributed by atoms with van der Waals surface area (Å²) in [5.74, 6) is 0.519. The Kier molecular flexibility index (Phi) is 4.69. The van der Waals surface area contributed by atoms with Crippen LogP contribution in [0.1, 0.15) is 34.1 Å². The molecule has 2 heteroatoms. The second-order valence-corrected chi connectivity index (χ2v) is 3.73. The molecule has 0 aliphatic carbocycles. The molecular formula is C9H20O2. The van der Waals surface area contributed by atoms with Gasteiger partial charge in [-0.05, 0) is 26.2 Å². The van der Waals surface area contributed by atoms with Gasteiger partial charge < -0.3 is 9.84 Å². The summed E-state index contributed by atoms with van der Waals surface area (Å²) in [6.07, 6.45) is 0.799. The first kappa shape index (κ1) is 10.9. The molecule has 11 heavy (non-hydrogen) atoms. The van der Waals surface area contributed by atoms with Crippen LogP contribution < -0.4 is 0 Å². The van der Waals surface area contributed by atoms with E-state index in [0.29, 0.717) is 19.1 Å². The summed E-state index contributed by atoms with van der Waals surface area (Å²) in [5.41, 5.74) is -0.649. The molecule has 68 valence electrons. The number of ether oxygens (including phenoxy) is 1. The van der Waals surface area contributed by atoms with Gasteiger partial charge in [0.05, 0.1) is 12.2 Å². The largest absolute Gasteiger partial charge is 0.388 e. The van der Waals surface area contributed by atoms with Crippen LogP contribution in [0.3, 0.4) is 0 Å². The Morgan fingerprint density at radius 3 is 2.36 bits per heavy atom. The van der Waals surface area contributed by atoms with E-state index in [1.807, 2.05) is 13.8 Å². The van der Waals surface area contributed by atoms with E-state index in [-0.39, 0.29) is 0 Å². The predicted octanol–water partition coefficient (Wildman–Crippen LogP) is 1.82. The van der Waals surface area contributed by atoms with Crippen LogP contribution in [0.4, 0.5) is 0 Å². The minimum Gasteiger partial charge on any atom is -0.388 e. The molecule has 0 saturated carbocycles. The second-order valence-electron chi connectivity index (χ2n) is 3.73. The highest BCUT2D eigenvalue weighted by atomic mass is 16.5. The summed E-state index contributed by atoms with van der Waals surface area (Å²) in [6, 6.07) is 0. The SMILES string of the molecule is CCOCC(C)(O)CC(C)C. The van der Waals surface area contributed by atoms with Gasteiger partial charge in [-0.15, -0.1) is 0 Å². The molecule has 0 aliphatic heterocycles. The minimum atomic E-state index is -0.649. The summed E-state index contributed by atoms with van der Waals surface area (Å²) in [6.45, 7) is 9.07. The van der Waals surface area contributed by atoms with E-state index in [4.69, 9.17) is 4.74 Å². The van der Waals surface area contributed by atoms with Crippen molar-refractivity contribution in [2.75, 3.05) is 13.2 Å². The van der Waals surface area contributed by atoms with Crippen LogP contribution in [0.2, 0.25) is 0 Å². The van der Waals surface area contributed by atoms with Crippen molar-refractivity contribution >= 4 is 0 Å². The smallest absolute Gasteiger partial charge is 0.0854 e. The van der Waals surface area contributed by atoms with Gasteiger partial charge in [-0.1, -0.05) is 13.8 Å². The third-order valence-electron chi connectivity index (χ3n) is 1.47. The van der Waals surface area contributed by atoms with E-state index in [1.54, 1.807) is 0 Å². The molecule has 0 aromatic heterocycles. The predicted molar refractivity (Wildman–Crippen MR) is 46.6 cm³/mol. The van der Waals surface area contributed by atoms with Gasteiger partial charge in [-0.25, -0.2) is 0 Å². The number of hydrogen-bond acceptors (Lipinski definition) is 2. The molecule has 1 N–H and O–H groups in total. The van der Waals surface area contributed by atoms with Gasteiger partial charge in [0, 0.05) is 6.61 Å². The van der Waals surface area contributed by atoms with Crippen LogP contribution in [0, 0.1) is 5.92 Å². The third-order valence-corrected chi connectivity index (χ3v) is 1.47. The zero-order valence-corrected chi connectivity index (χ0v) is 8.05. The Morgan fingerprint density at radius 1 is 1.45 bits per heavy atom. The highest BCUT2D eigenvalue weighted by Gasteiger charge is 2.21. The van der Waals surface area contributed by atoms with E-state index in [1.165, 1.54) is 0 Å². The summed E-state index contributed by atoms with van der Waals surface area (Å²) in [4.78, 5) is 0. The molecule has 2 nitrogen and oxygen atoms in total. The molecule has 0 spiro atoms. The van der Waals surface area contributed by atoms with E-state index < -0.39 is 5.60 Å². The van der Waals surface area contributed by atoms with Crippen molar-refractivity contribution in [3.05, 3.63) is 0 Å². The normalized spacial score (nSPS) is 16.9. The maximum atomic E-state index is 9.69. The Balaban J connectivity index is 3.61. The first-order chi connectivity index (χ1) is 4.98. The number of hydrogen-bond donors (Lipinski definition) is 1. The molecule has 0 saturated heterocycles. The van der Waals surface area contributed by atoms with Crippen molar-refractivity contribution in [2.24, 2.45) is 5.92 Å². The van der Waals surface area contributed by atoms with Gasteiger partial charge in [0.25, 0.3) is 0 Å². The molecule has 0 bridgehead atoms. The second kappa shape index (κ2) is 4.73. The summed E-state index contributed by atoms with van der Waals surface area (Å²) in [5, 5.41) is 9.69. The number of rotatable bonds is 5. The van der Waals surface area contributed by atoms with Crippen molar-refractivity contribution < 1.29 is 9.84 Å². The zero-order valence-electron chi connectivity index (χ0n) is 8.05. The highest BCUT2D eigenvalue weighted by Crippen LogP contribution is 2.16. The lowest BCUT2D eigenvalue weighted by Crippen LogP contribution is -2.32. The summed E-state index contributed by atoms with van der Waals surface area (Å²) >= 11 is 0. The van der Waals surface area contributed by atoms with E-state index in [9.17, 15) is 5.11 Å². The molecule has 0 heterocycles. The topological polar surface area (TPSA) is 29.5 Å². The van der Waals surface area contributed by atoms with Crippen LogP contribution in [0.5, 0.6) is 0 Å². The lowest BCUT2D eigenvalue weighted by molar-refractivity contribution is -0.0426. The lowest BCUT2D eigenvalue weighted by atomic mass is 9.95. The first-order valence-electron chi connectivity index (χ1n) is 4.28. The molecule has 1 unspecified atom stereocenters. The van der Waals surface area contributed by atoms with Crippen molar-refractivity contribution in [3.8, 4) is 0 Å². The van der Waals surface area contributed by atoms with E-state index >= 15 is 0 Å². The maximum Gasteiger partial charge on any atom is 0.0854 e. The maximum absolute atomic E-state index is 9.69. The van der Waals surface area contributed by atoms with Gasteiger partial charge >= 0.3 is 0 Å². The van der Waals surface area contributed by atoms with Crippen LogP contribution in [-0.4, -0.2) is 23.9 Å². The summed E-state index contributed by atoms with van der Waals surface area (Å²) < 4.78 is 5.15. The highest BCUT2D eigenvalue weighted by molar-refractivity contribution is 4.72. The van der Waals surface area contributed by atoms with Gasteiger partial charge in [0.2, 0.25) is 0 Å². The zero-order chi connectivity index (χ0) is 8.91. The van der Waals surface area contributed by atoms with Crippen LogP contribution in [-0.2, 0) is 4.74 Å². The Bertz CT molecular complexity index is 97.7. The lowest BCUT2D eigenvalue weighted by Gasteiger charge is -2.24. The van der Waals surface area contributed by atoms with Crippen molar-refractivity contribution in [1.29, 1.82) is 0 Å². The average molecular weight is 160 g/mol. The Morgan fingerprint density at radius 2 is 2.00 bits per heavy atom. The fourth-order valence-corrected chi connectivity index (χ4v) is 1.26. The molecule has 1 atom stereocenters. The quantitative estimate of drug-likeness (QED) is 0.664. The van der Waals surface area contributed by atoms with Gasteiger partial charge in [0.15, 0.2) is 0 Å². The molecule has 0 aliphatic rings. The average Bonchev–Trinajstić information content (AvgIpc) is 1.81. The van der Waals surface area contributed by atoms with Crippen LogP contribution >= 0.6 is 0 Å². The first-order valence-corrected chi connectivity index (χ1v) is 4.28. The van der Waals surface area contributed by atoms with E-state index in [0.717, 1.165) is 6.42 Å². The van der Waals surface area contributed by atoms with Crippen LogP contribution in [0.25, 0.3) is 0 Å². The van der Waals surface area contributed by atoms with Gasteiger partial charge in [-0.3, -0.25) is 0 Å². The fraction of sp³-hybridized carbons (Fsp3) is 1.00. The van der Waals surface area contributed by atoms with E-state index in [2.05, 4.69) is 13.8 Å². The Labute approximate surface area is 69.6 Å². The monoisotopic (exact) mass is 160 g/mol. The Hall–Kier alpha value is -0.0800. The molecule has 0 aromatic rings. The molecule has 0 aromatic carbocycles. The summed E-state index contributed by atoms with van der Waals surface area (Å²) in [7, 11) is 0. The standard InChI is InChI=1S/C9H20O2/c1-5-11-7-9(4,10)6-8(2)3/h8,10H,5-7H2,1-4H3. The molecular weight excluding hydrogens is 140 g/mol. The molecule has 0 fully saturated rings. The van der Waals surface area contributed by atoms with Gasteiger partial charge in [-0.2, -0.15) is 0 Å². The van der Waals surface area contributed by atoms with Crippen molar-refractivity contribution in [1.82, 2.24) is 0 Å². The number of aliphatic hydroxyl groups is 1. The molecule has 0 radical (unpaired) electrons. The molecule has 0 rings (SSSR count). The fourth-order valence-electron chi connectivity index (χ4n) is 1.26. The van der Waals surface area contributed by atoms with Crippen molar-refractivity contribution in [3.63, 3.8) is 0 Å². The van der Waals surface area contributed by atoms with Crippen molar-refractivity contribution in [2.45, 2.75) is 39.7 Å². The minimum absolute atomic E-state index is 0.446. The van der Waals surface area contributed by atoms with Crippen LogP contribution in [0.15, 0.2) is 0 Å². The van der Waals surface area contributed by atoms with Gasteiger partial charge in [0.1, 0.15) is 0 Å². The third kappa shape index (κ3) is 6.32.